The van der Waals surface area contributed by atoms with E-state index in [0.717, 1.165) is 37.7 Å². The van der Waals surface area contributed by atoms with Crippen LogP contribution in [0.5, 0.6) is 0 Å². The first-order valence-corrected chi connectivity index (χ1v) is 14.5. The SMILES string of the molecule is CC/C=C\C[C@H](C/C=C1/C(=O)C=CC1C/C=C\CCCC(=O)O)O[Si](C)(C)C(C)(C)C. The molecule has 0 saturated carbocycles. The first kappa shape index (κ1) is 27.3. The summed E-state index contributed by atoms with van der Waals surface area (Å²) in [4.78, 5) is 23.0. The van der Waals surface area contributed by atoms with Crippen LogP contribution in [0.15, 0.2) is 48.1 Å². The number of allylic oxidation sites excluding steroid dienone is 6. The summed E-state index contributed by atoms with van der Waals surface area (Å²) >= 11 is 0. The molecule has 0 heterocycles. The Balaban J connectivity index is 2.79. The third-order valence-electron chi connectivity index (χ3n) is 6.15. The highest BCUT2D eigenvalue weighted by molar-refractivity contribution is 6.74. The standard InChI is InChI=1S/C26H42O4Si/c1-7-8-11-15-22(30-31(5,6)26(2,3)4)18-19-23-21(17-20-24(23)27)14-12-9-10-13-16-25(28)29/h8-9,11-12,17,19-22H,7,10,13-16,18H2,1-6H3,(H,28,29)/b11-8-,12-9-,23-19+/t21?,22-/m1/s1. The summed E-state index contributed by atoms with van der Waals surface area (Å²) < 4.78 is 6.67. The van der Waals surface area contributed by atoms with Gasteiger partial charge in [0.2, 0.25) is 0 Å². The minimum absolute atomic E-state index is 0.0804. The molecule has 0 fully saturated rings. The number of hydrogen-bond donors (Lipinski definition) is 1. The zero-order chi connectivity index (χ0) is 23.5. The fourth-order valence-electron chi connectivity index (χ4n) is 3.23. The van der Waals surface area contributed by atoms with Crippen molar-refractivity contribution >= 4 is 20.1 Å². The van der Waals surface area contributed by atoms with Crippen LogP contribution >= 0.6 is 0 Å². The molecule has 1 rings (SSSR count). The van der Waals surface area contributed by atoms with Crippen molar-refractivity contribution in [1.29, 1.82) is 0 Å². The lowest BCUT2D eigenvalue weighted by atomic mass is 9.96. The predicted octanol–water partition coefficient (Wildman–Crippen LogP) is 7.01. The second kappa shape index (κ2) is 13.0. The summed E-state index contributed by atoms with van der Waals surface area (Å²) in [5, 5.41) is 8.85. The normalized spacial score (nSPS) is 19.9. The summed E-state index contributed by atoms with van der Waals surface area (Å²) in [6, 6.07) is 0. The molecule has 0 amide bonds. The van der Waals surface area contributed by atoms with E-state index < -0.39 is 14.3 Å². The molecule has 0 aromatic rings. The van der Waals surface area contributed by atoms with Crippen molar-refractivity contribution in [3.05, 3.63) is 48.1 Å². The van der Waals surface area contributed by atoms with E-state index in [2.05, 4.69) is 65.1 Å². The van der Waals surface area contributed by atoms with Crippen molar-refractivity contribution < 1.29 is 19.1 Å². The molecule has 0 aliphatic heterocycles. The van der Waals surface area contributed by atoms with Crippen LogP contribution in [0.4, 0.5) is 0 Å². The highest BCUT2D eigenvalue weighted by atomic mass is 28.4. The van der Waals surface area contributed by atoms with Gasteiger partial charge in [0.05, 0.1) is 6.10 Å². The van der Waals surface area contributed by atoms with Crippen LogP contribution in [0, 0.1) is 5.92 Å². The van der Waals surface area contributed by atoms with Gasteiger partial charge in [-0.25, -0.2) is 0 Å². The molecule has 5 heteroatoms. The Hall–Kier alpha value is -1.72. The second-order valence-corrected chi connectivity index (χ2v) is 14.6. The van der Waals surface area contributed by atoms with Gasteiger partial charge in [0, 0.05) is 17.9 Å². The van der Waals surface area contributed by atoms with E-state index >= 15 is 0 Å². The van der Waals surface area contributed by atoms with Gasteiger partial charge in [0.25, 0.3) is 0 Å². The number of carboxylic acid groups (broad SMARTS) is 1. The predicted molar refractivity (Wildman–Crippen MR) is 132 cm³/mol. The van der Waals surface area contributed by atoms with Gasteiger partial charge in [-0.15, -0.1) is 0 Å². The molecule has 0 bridgehead atoms. The van der Waals surface area contributed by atoms with E-state index in [1.165, 1.54) is 0 Å². The average molecular weight is 447 g/mol. The van der Waals surface area contributed by atoms with E-state index in [1.807, 2.05) is 12.2 Å². The molecule has 1 N–H and O–H groups in total. The van der Waals surface area contributed by atoms with Crippen LogP contribution in [0.3, 0.4) is 0 Å². The lowest BCUT2D eigenvalue weighted by Gasteiger charge is -2.39. The molecule has 0 aromatic carbocycles. The van der Waals surface area contributed by atoms with Crippen molar-refractivity contribution in [2.24, 2.45) is 5.92 Å². The van der Waals surface area contributed by atoms with Crippen molar-refractivity contribution in [1.82, 2.24) is 0 Å². The van der Waals surface area contributed by atoms with Crippen LogP contribution < -0.4 is 0 Å². The number of carboxylic acids is 1. The number of ketones is 1. The Bertz CT molecular complexity index is 707. The van der Waals surface area contributed by atoms with E-state index in [0.29, 0.717) is 6.42 Å². The Morgan fingerprint density at radius 3 is 2.52 bits per heavy atom. The summed E-state index contributed by atoms with van der Waals surface area (Å²) in [6.07, 6.45) is 19.3. The maximum atomic E-state index is 12.4. The van der Waals surface area contributed by atoms with Crippen molar-refractivity contribution in [3.8, 4) is 0 Å². The molecule has 0 saturated heterocycles. The molecule has 2 atom stereocenters. The van der Waals surface area contributed by atoms with Crippen LogP contribution in [0.1, 0.15) is 72.6 Å². The molecule has 0 radical (unpaired) electrons. The van der Waals surface area contributed by atoms with Gasteiger partial charge in [0.15, 0.2) is 14.1 Å². The van der Waals surface area contributed by atoms with Gasteiger partial charge in [0.1, 0.15) is 0 Å². The summed E-state index contributed by atoms with van der Waals surface area (Å²) in [7, 11) is -1.90. The molecule has 1 aliphatic rings. The van der Waals surface area contributed by atoms with Crippen LogP contribution in [-0.4, -0.2) is 31.3 Å². The molecule has 1 unspecified atom stereocenters. The molecule has 0 aromatic heterocycles. The largest absolute Gasteiger partial charge is 0.481 e. The number of carbonyl (C=O) groups excluding carboxylic acids is 1. The first-order valence-electron chi connectivity index (χ1n) is 11.6. The van der Waals surface area contributed by atoms with E-state index in [-0.39, 0.29) is 29.3 Å². The smallest absolute Gasteiger partial charge is 0.303 e. The number of unbranched alkanes of at least 4 members (excludes halogenated alkanes) is 1. The molecular weight excluding hydrogens is 404 g/mol. The molecule has 1 aliphatic carbocycles. The Morgan fingerprint density at radius 1 is 1.19 bits per heavy atom. The molecular formula is C26H42O4Si. The first-order chi connectivity index (χ1) is 14.5. The molecule has 0 spiro atoms. The average Bonchev–Trinajstić information content (AvgIpc) is 3.01. The monoisotopic (exact) mass is 446 g/mol. The van der Waals surface area contributed by atoms with Gasteiger partial charge < -0.3 is 9.53 Å². The topological polar surface area (TPSA) is 63.6 Å². The summed E-state index contributed by atoms with van der Waals surface area (Å²) in [5.41, 5.74) is 0.860. The van der Waals surface area contributed by atoms with Gasteiger partial charge in [-0.05, 0) is 62.7 Å². The lowest BCUT2D eigenvalue weighted by molar-refractivity contribution is -0.137. The van der Waals surface area contributed by atoms with Crippen molar-refractivity contribution in [2.45, 2.75) is 96.9 Å². The van der Waals surface area contributed by atoms with Crippen molar-refractivity contribution in [2.75, 3.05) is 0 Å². The van der Waals surface area contributed by atoms with Crippen LogP contribution in [0.25, 0.3) is 0 Å². The van der Waals surface area contributed by atoms with Crippen LogP contribution in [0.2, 0.25) is 18.1 Å². The lowest BCUT2D eigenvalue weighted by Crippen LogP contribution is -2.43. The van der Waals surface area contributed by atoms with E-state index in [4.69, 9.17) is 9.53 Å². The molecule has 31 heavy (non-hydrogen) atoms. The minimum atomic E-state index is -1.90. The number of rotatable bonds is 13. The van der Waals surface area contributed by atoms with Gasteiger partial charge in [-0.2, -0.15) is 0 Å². The summed E-state index contributed by atoms with van der Waals surface area (Å²) in [6.45, 7) is 13.4. The fourth-order valence-corrected chi connectivity index (χ4v) is 4.61. The Labute approximate surface area is 190 Å². The molecule has 4 nitrogen and oxygen atoms in total. The van der Waals surface area contributed by atoms with E-state index in [1.54, 1.807) is 6.08 Å². The highest BCUT2D eigenvalue weighted by Crippen LogP contribution is 2.38. The number of hydrogen-bond acceptors (Lipinski definition) is 3. The fraction of sp³-hybridized carbons (Fsp3) is 0.615. The zero-order valence-corrected chi connectivity index (χ0v) is 21.3. The second-order valence-electron chi connectivity index (χ2n) is 9.83. The maximum absolute atomic E-state index is 12.4. The highest BCUT2D eigenvalue weighted by Gasteiger charge is 2.38. The summed E-state index contributed by atoms with van der Waals surface area (Å²) in [5.74, 6) is -0.562. The zero-order valence-electron chi connectivity index (χ0n) is 20.3. The number of aliphatic carboxylic acids is 1. The Morgan fingerprint density at radius 2 is 1.90 bits per heavy atom. The number of carbonyl (C=O) groups is 2. The van der Waals surface area contributed by atoms with Gasteiger partial charge >= 0.3 is 5.97 Å². The third kappa shape index (κ3) is 9.96. The van der Waals surface area contributed by atoms with Crippen molar-refractivity contribution in [3.63, 3.8) is 0 Å². The molecule has 174 valence electrons. The van der Waals surface area contributed by atoms with Gasteiger partial charge in [-0.1, -0.05) is 64.2 Å². The maximum Gasteiger partial charge on any atom is 0.303 e. The van der Waals surface area contributed by atoms with E-state index in [9.17, 15) is 9.59 Å². The van der Waals surface area contributed by atoms with Crippen LogP contribution in [-0.2, 0) is 14.0 Å². The van der Waals surface area contributed by atoms with Gasteiger partial charge in [-0.3, -0.25) is 9.59 Å². The Kier molecular flexibility index (Phi) is 11.4. The minimum Gasteiger partial charge on any atom is -0.481 e. The third-order valence-corrected chi connectivity index (χ3v) is 10.7. The quantitative estimate of drug-likeness (QED) is 0.143.